The van der Waals surface area contributed by atoms with Gasteiger partial charge in [-0.3, -0.25) is 4.79 Å². The number of methoxy groups -OCH3 is 1. The summed E-state index contributed by atoms with van der Waals surface area (Å²) in [4.78, 5) is 14.2. The SMILES string of the molecule is COCC(N)C(=O)NCC1(N(C)C)CCCCCC1.Cl.Cl. The predicted molar refractivity (Wildman–Crippen MR) is 91.5 cm³/mol. The minimum atomic E-state index is -0.574. The monoisotopic (exact) mass is 343 g/mol. The Hall–Kier alpha value is -0.0700. The predicted octanol–water partition coefficient (Wildman–Crippen LogP) is 1.57. The highest BCUT2D eigenvalue weighted by Gasteiger charge is 2.33. The van der Waals surface area contributed by atoms with E-state index in [1.807, 2.05) is 0 Å². The Morgan fingerprint density at radius 2 is 1.76 bits per heavy atom. The normalized spacial score (nSPS) is 18.9. The molecule has 1 amide bonds. The van der Waals surface area contributed by atoms with Crippen LogP contribution in [0.5, 0.6) is 0 Å². The molecule has 0 aliphatic heterocycles. The van der Waals surface area contributed by atoms with Crippen LogP contribution in [0, 0.1) is 0 Å². The number of rotatable bonds is 6. The van der Waals surface area contributed by atoms with E-state index < -0.39 is 6.04 Å². The smallest absolute Gasteiger partial charge is 0.239 e. The lowest BCUT2D eigenvalue weighted by atomic mass is 9.88. The quantitative estimate of drug-likeness (QED) is 0.718. The molecule has 21 heavy (non-hydrogen) atoms. The van der Waals surface area contributed by atoms with Crippen LogP contribution in [-0.4, -0.2) is 56.7 Å². The number of nitrogens with zero attached hydrogens (tertiary/aromatic N) is 1. The zero-order valence-corrected chi connectivity index (χ0v) is 15.0. The minimum absolute atomic E-state index is 0. The third-order valence-electron chi connectivity index (χ3n) is 4.26. The van der Waals surface area contributed by atoms with Gasteiger partial charge in [0, 0.05) is 19.2 Å². The van der Waals surface area contributed by atoms with Gasteiger partial charge in [0.25, 0.3) is 0 Å². The van der Waals surface area contributed by atoms with Crippen LogP contribution < -0.4 is 11.1 Å². The topological polar surface area (TPSA) is 67.6 Å². The second-order valence-electron chi connectivity index (χ2n) is 5.81. The molecule has 0 aromatic carbocycles. The fourth-order valence-electron chi connectivity index (χ4n) is 2.81. The number of hydrogen-bond acceptors (Lipinski definition) is 4. The van der Waals surface area contributed by atoms with Gasteiger partial charge in [-0.1, -0.05) is 25.7 Å². The van der Waals surface area contributed by atoms with Gasteiger partial charge in [0.05, 0.1) is 6.61 Å². The first-order valence-electron chi connectivity index (χ1n) is 7.21. The van der Waals surface area contributed by atoms with Crippen LogP contribution in [0.15, 0.2) is 0 Å². The molecule has 1 aliphatic carbocycles. The molecule has 3 N–H and O–H groups in total. The number of likely N-dealkylation sites (N-methyl/N-ethyl adjacent to an activating group) is 1. The van der Waals surface area contributed by atoms with Gasteiger partial charge in [0.2, 0.25) is 5.91 Å². The van der Waals surface area contributed by atoms with E-state index in [0.717, 1.165) is 12.8 Å². The van der Waals surface area contributed by atoms with E-state index in [0.29, 0.717) is 6.54 Å². The summed E-state index contributed by atoms with van der Waals surface area (Å²) >= 11 is 0. The molecule has 5 nitrogen and oxygen atoms in total. The van der Waals surface area contributed by atoms with Gasteiger partial charge in [-0.05, 0) is 26.9 Å². The van der Waals surface area contributed by atoms with Gasteiger partial charge in [-0.2, -0.15) is 0 Å². The molecule has 1 saturated carbocycles. The fourth-order valence-corrected chi connectivity index (χ4v) is 2.81. The van der Waals surface area contributed by atoms with Crippen molar-refractivity contribution in [2.45, 2.75) is 50.1 Å². The Morgan fingerprint density at radius 3 is 2.19 bits per heavy atom. The molecule has 7 heteroatoms. The van der Waals surface area contributed by atoms with Gasteiger partial charge in [0.1, 0.15) is 6.04 Å². The molecule has 1 aliphatic rings. The van der Waals surface area contributed by atoms with E-state index in [2.05, 4.69) is 24.3 Å². The van der Waals surface area contributed by atoms with Crippen molar-refractivity contribution >= 4 is 30.7 Å². The summed E-state index contributed by atoms with van der Waals surface area (Å²) in [6, 6.07) is -0.574. The van der Waals surface area contributed by atoms with E-state index in [4.69, 9.17) is 10.5 Å². The van der Waals surface area contributed by atoms with Crippen LogP contribution in [-0.2, 0) is 9.53 Å². The lowest BCUT2D eigenvalue weighted by molar-refractivity contribution is -0.124. The molecule has 0 spiro atoms. The minimum Gasteiger partial charge on any atom is -0.383 e. The highest BCUT2D eigenvalue weighted by molar-refractivity contribution is 5.85. The maximum Gasteiger partial charge on any atom is 0.239 e. The van der Waals surface area contributed by atoms with Crippen LogP contribution in [0.2, 0.25) is 0 Å². The number of nitrogens with one attached hydrogen (secondary N) is 1. The second-order valence-corrected chi connectivity index (χ2v) is 5.81. The van der Waals surface area contributed by atoms with Crippen molar-refractivity contribution in [2.24, 2.45) is 5.73 Å². The second kappa shape index (κ2) is 11.5. The molecule has 1 unspecified atom stereocenters. The van der Waals surface area contributed by atoms with Crippen molar-refractivity contribution in [3.05, 3.63) is 0 Å². The first-order valence-corrected chi connectivity index (χ1v) is 7.21. The molecule has 0 radical (unpaired) electrons. The largest absolute Gasteiger partial charge is 0.383 e. The van der Waals surface area contributed by atoms with E-state index in [1.54, 1.807) is 7.11 Å². The van der Waals surface area contributed by atoms with Crippen molar-refractivity contribution in [1.29, 1.82) is 0 Å². The average Bonchev–Trinajstić information content (AvgIpc) is 2.62. The number of carbonyl (C=O) groups is 1. The summed E-state index contributed by atoms with van der Waals surface area (Å²) in [5, 5.41) is 3.00. The summed E-state index contributed by atoms with van der Waals surface area (Å²) in [6.07, 6.45) is 7.34. The van der Waals surface area contributed by atoms with Gasteiger partial charge in [-0.15, -0.1) is 24.8 Å². The van der Waals surface area contributed by atoms with Crippen LogP contribution in [0.3, 0.4) is 0 Å². The van der Waals surface area contributed by atoms with Gasteiger partial charge in [0.15, 0.2) is 0 Å². The number of nitrogens with two attached hydrogens (primary N) is 1. The summed E-state index contributed by atoms with van der Waals surface area (Å²) in [5.41, 5.74) is 5.83. The van der Waals surface area contributed by atoms with E-state index in [1.165, 1.54) is 25.7 Å². The Morgan fingerprint density at radius 1 is 1.24 bits per heavy atom. The van der Waals surface area contributed by atoms with Gasteiger partial charge < -0.3 is 20.7 Å². The maximum absolute atomic E-state index is 11.9. The lowest BCUT2D eigenvalue weighted by Gasteiger charge is -2.40. The van der Waals surface area contributed by atoms with Crippen molar-refractivity contribution in [1.82, 2.24) is 10.2 Å². The summed E-state index contributed by atoms with van der Waals surface area (Å²) in [5.74, 6) is -0.118. The number of amides is 1. The highest BCUT2D eigenvalue weighted by Crippen LogP contribution is 2.30. The summed E-state index contributed by atoms with van der Waals surface area (Å²) < 4.78 is 4.91. The zero-order valence-electron chi connectivity index (χ0n) is 13.4. The van der Waals surface area contributed by atoms with Crippen LogP contribution in [0.1, 0.15) is 38.5 Å². The van der Waals surface area contributed by atoms with Crippen molar-refractivity contribution in [3.8, 4) is 0 Å². The molecule has 0 aromatic heterocycles. The fraction of sp³-hybridized carbons (Fsp3) is 0.929. The Labute approximate surface area is 141 Å². The van der Waals surface area contributed by atoms with Crippen molar-refractivity contribution in [3.63, 3.8) is 0 Å². The van der Waals surface area contributed by atoms with Crippen LogP contribution in [0.4, 0.5) is 0 Å². The molecular weight excluding hydrogens is 313 g/mol. The highest BCUT2D eigenvalue weighted by atomic mass is 35.5. The number of halogens is 2. The van der Waals surface area contributed by atoms with Gasteiger partial charge >= 0.3 is 0 Å². The molecule has 128 valence electrons. The molecule has 0 saturated heterocycles. The Bertz CT molecular complexity index is 283. The molecule has 1 atom stereocenters. The van der Waals surface area contributed by atoms with Crippen molar-refractivity contribution < 1.29 is 9.53 Å². The number of ether oxygens (including phenoxy) is 1. The molecular formula is C14H31Cl2N3O2. The first kappa shape index (κ1) is 23.2. The average molecular weight is 344 g/mol. The number of hydrogen-bond donors (Lipinski definition) is 2. The van der Waals surface area contributed by atoms with E-state index >= 15 is 0 Å². The third kappa shape index (κ3) is 7.15. The summed E-state index contributed by atoms with van der Waals surface area (Å²) in [7, 11) is 5.76. The van der Waals surface area contributed by atoms with Crippen molar-refractivity contribution in [2.75, 3.05) is 34.4 Å². The summed E-state index contributed by atoms with van der Waals surface area (Å²) in [6.45, 7) is 0.942. The standard InChI is InChI=1S/C14H29N3O2.2ClH/c1-17(2)14(8-6-4-5-7-9-14)11-16-13(18)12(15)10-19-3;;/h12H,4-11,15H2,1-3H3,(H,16,18);2*1H. The van der Waals surface area contributed by atoms with Crippen LogP contribution in [0.25, 0.3) is 0 Å². The third-order valence-corrected chi connectivity index (χ3v) is 4.26. The molecule has 0 bridgehead atoms. The molecule has 1 rings (SSSR count). The van der Waals surface area contributed by atoms with Crippen LogP contribution >= 0.6 is 24.8 Å². The zero-order chi connectivity index (χ0) is 14.3. The Balaban J connectivity index is 0. The van der Waals surface area contributed by atoms with Gasteiger partial charge in [-0.25, -0.2) is 0 Å². The van der Waals surface area contributed by atoms with E-state index in [-0.39, 0.29) is 42.9 Å². The lowest BCUT2D eigenvalue weighted by Crippen LogP contribution is -2.55. The molecule has 0 heterocycles. The maximum atomic E-state index is 11.9. The number of carbonyl (C=O) groups excluding carboxylic acids is 1. The molecule has 0 aromatic rings. The van der Waals surface area contributed by atoms with E-state index in [9.17, 15) is 4.79 Å². The molecule has 1 fully saturated rings. The Kier molecular flexibility index (Phi) is 12.7. The first-order chi connectivity index (χ1) is 9.02.